The minimum atomic E-state index is -0.320. The van der Waals surface area contributed by atoms with Gasteiger partial charge < -0.3 is 10.1 Å². The van der Waals surface area contributed by atoms with Gasteiger partial charge in [-0.2, -0.15) is 0 Å². The average Bonchev–Trinajstić information content (AvgIpc) is 2.47. The Morgan fingerprint density at radius 2 is 1.75 bits per heavy atom. The van der Waals surface area contributed by atoms with Crippen LogP contribution in [0.2, 0.25) is 0 Å². The first-order chi connectivity index (χ1) is 9.74. The number of amides is 1. The number of carbonyl (C=O) groups excluding carboxylic acids is 1. The highest BCUT2D eigenvalue weighted by molar-refractivity contribution is 5.90. The topological polar surface area (TPSA) is 38.3 Å². The Morgan fingerprint density at radius 1 is 1.05 bits per heavy atom. The summed E-state index contributed by atoms with van der Waals surface area (Å²) >= 11 is 0. The molecular formula is C16H16FNO2. The Kier molecular flexibility index (Phi) is 5.12. The lowest BCUT2D eigenvalue weighted by Gasteiger charge is -2.07. The second kappa shape index (κ2) is 7.28. The molecule has 4 heteroatoms. The highest BCUT2D eigenvalue weighted by Crippen LogP contribution is 2.10. The van der Waals surface area contributed by atoms with E-state index in [2.05, 4.69) is 5.32 Å². The summed E-state index contributed by atoms with van der Waals surface area (Å²) in [7, 11) is 0. The van der Waals surface area contributed by atoms with Crippen molar-refractivity contribution in [3.63, 3.8) is 0 Å². The van der Waals surface area contributed by atoms with Crippen LogP contribution in [0.4, 0.5) is 10.1 Å². The van der Waals surface area contributed by atoms with E-state index in [0.717, 1.165) is 5.75 Å². The number of nitrogens with one attached hydrogen (secondary N) is 1. The molecule has 1 amide bonds. The zero-order valence-electron chi connectivity index (χ0n) is 11.0. The summed E-state index contributed by atoms with van der Waals surface area (Å²) in [5.41, 5.74) is 0.598. The minimum Gasteiger partial charge on any atom is -0.494 e. The van der Waals surface area contributed by atoms with Crippen molar-refractivity contribution in [3.8, 4) is 5.75 Å². The maximum Gasteiger partial charge on any atom is 0.224 e. The molecule has 2 aromatic carbocycles. The van der Waals surface area contributed by atoms with E-state index < -0.39 is 0 Å². The quantitative estimate of drug-likeness (QED) is 0.816. The van der Waals surface area contributed by atoms with Gasteiger partial charge in [0.1, 0.15) is 11.6 Å². The number of benzene rings is 2. The van der Waals surface area contributed by atoms with Crippen LogP contribution in [0.15, 0.2) is 54.6 Å². The minimum absolute atomic E-state index is 0.103. The van der Waals surface area contributed by atoms with Crippen LogP contribution in [0.5, 0.6) is 5.75 Å². The fraction of sp³-hybridized carbons (Fsp3) is 0.188. The molecule has 0 fully saturated rings. The van der Waals surface area contributed by atoms with E-state index >= 15 is 0 Å². The number of halogens is 1. The van der Waals surface area contributed by atoms with E-state index in [-0.39, 0.29) is 11.7 Å². The van der Waals surface area contributed by atoms with Crippen LogP contribution in [-0.4, -0.2) is 12.5 Å². The normalized spacial score (nSPS) is 10.1. The van der Waals surface area contributed by atoms with Crippen molar-refractivity contribution in [3.05, 3.63) is 60.4 Å². The molecule has 0 bridgehead atoms. The molecule has 0 saturated heterocycles. The Labute approximate surface area is 117 Å². The molecule has 0 heterocycles. The van der Waals surface area contributed by atoms with Crippen LogP contribution in [0.25, 0.3) is 0 Å². The molecule has 0 atom stereocenters. The smallest absolute Gasteiger partial charge is 0.224 e. The average molecular weight is 273 g/mol. The molecular weight excluding hydrogens is 257 g/mol. The molecule has 0 spiro atoms. The summed E-state index contributed by atoms with van der Waals surface area (Å²) in [6.45, 7) is 0.487. The largest absolute Gasteiger partial charge is 0.494 e. The third-order valence-electron chi connectivity index (χ3n) is 2.69. The van der Waals surface area contributed by atoms with Crippen LogP contribution in [-0.2, 0) is 4.79 Å². The van der Waals surface area contributed by atoms with Crippen molar-refractivity contribution in [2.24, 2.45) is 0 Å². The fourth-order valence-corrected chi connectivity index (χ4v) is 1.70. The van der Waals surface area contributed by atoms with Gasteiger partial charge in [0.25, 0.3) is 0 Å². The molecule has 2 aromatic rings. The predicted molar refractivity (Wildman–Crippen MR) is 76.2 cm³/mol. The van der Waals surface area contributed by atoms with Gasteiger partial charge in [-0.15, -0.1) is 0 Å². The van der Waals surface area contributed by atoms with E-state index in [1.807, 2.05) is 30.3 Å². The van der Waals surface area contributed by atoms with Gasteiger partial charge in [0.2, 0.25) is 5.91 Å². The Hall–Kier alpha value is -2.36. The number of anilines is 1. The van der Waals surface area contributed by atoms with Crippen LogP contribution in [0.1, 0.15) is 12.8 Å². The molecule has 104 valence electrons. The molecule has 0 aliphatic carbocycles. The summed E-state index contributed by atoms with van der Waals surface area (Å²) < 4.78 is 18.2. The summed E-state index contributed by atoms with van der Waals surface area (Å²) in [5.74, 6) is 0.374. The molecule has 0 aromatic heterocycles. The molecule has 0 aliphatic rings. The highest BCUT2D eigenvalue weighted by atomic mass is 19.1. The third kappa shape index (κ3) is 4.72. The maximum atomic E-state index is 12.7. The van der Waals surface area contributed by atoms with Crippen molar-refractivity contribution in [2.75, 3.05) is 11.9 Å². The molecule has 0 saturated carbocycles. The summed E-state index contributed by atoms with van der Waals surface area (Å²) in [6, 6.07) is 15.2. The lowest BCUT2D eigenvalue weighted by Crippen LogP contribution is -2.12. The molecule has 3 nitrogen and oxygen atoms in total. The first kappa shape index (κ1) is 14.1. The van der Waals surface area contributed by atoms with Crippen molar-refractivity contribution in [2.45, 2.75) is 12.8 Å². The second-order valence-corrected chi connectivity index (χ2v) is 4.32. The number of hydrogen-bond donors (Lipinski definition) is 1. The summed E-state index contributed by atoms with van der Waals surface area (Å²) in [5, 5.41) is 2.71. The summed E-state index contributed by atoms with van der Waals surface area (Å²) in [4.78, 5) is 11.6. The van der Waals surface area contributed by atoms with Crippen LogP contribution in [0, 0.1) is 5.82 Å². The third-order valence-corrected chi connectivity index (χ3v) is 2.69. The number of ether oxygens (including phenoxy) is 1. The first-order valence-electron chi connectivity index (χ1n) is 6.47. The van der Waals surface area contributed by atoms with Crippen molar-refractivity contribution >= 4 is 11.6 Å². The predicted octanol–water partition coefficient (Wildman–Crippen LogP) is 3.62. The maximum absolute atomic E-state index is 12.7. The number of carbonyl (C=O) groups is 1. The molecule has 1 N–H and O–H groups in total. The number of rotatable bonds is 6. The number of para-hydroxylation sites is 1. The molecule has 2 rings (SSSR count). The van der Waals surface area contributed by atoms with Gasteiger partial charge in [-0.1, -0.05) is 18.2 Å². The highest BCUT2D eigenvalue weighted by Gasteiger charge is 2.02. The van der Waals surface area contributed by atoms with Gasteiger partial charge in [0.15, 0.2) is 0 Å². The van der Waals surface area contributed by atoms with Crippen LogP contribution in [0.3, 0.4) is 0 Å². The first-order valence-corrected chi connectivity index (χ1v) is 6.47. The monoisotopic (exact) mass is 273 g/mol. The van der Waals surface area contributed by atoms with Gasteiger partial charge in [-0.3, -0.25) is 4.79 Å². The van der Waals surface area contributed by atoms with E-state index in [4.69, 9.17) is 4.74 Å². The van der Waals surface area contributed by atoms with E-state index in [9.17, 15) is 9.18 Å². The van der Waals surface area contributed by atoms with Crippen LogP contribution < -0.4 is 10.1 Å². The zero-order chi connectivity index (χ0) is 14.2. The van der Waals surface area contributed by atoms with E-state index in [1.54, 1.807) is 0 Å². The van der Waals surface area contributed by atoms with Crippen molar-refractivity contribution in [1.29, 1.82) is 0 Å². The van der Waals surface area contributed by atoms with Gasteiger partial charge >= 0.3 is 0 Å². The van der Waals surface area contributed by atoms with E-state index in [1.165, 1.54) is 24.3 Å². The lowest BCUT2D eigenvalue weighted by atomic mass is 10.2. The van der Waals surface area contributed by atoms with Crippen molar-refractivity contribution < 1.29 is 13.9 Å². The van der Waals surface area contributed by atoms with Gasteiger partial charge in [-0.05, 0) is 42.8 Å². The van der Waals surface area contributed by atoms with Gasteiger partial charge in [0.05, 0.1) is 6.61 Å². The molecule has 20 heavy (non-hydrogen) atoms. The lowest BCUT2D eigenvalue weighted by molar-refractivity contribution is -0.116. The molecule has 0 radical (unpaired) electrons. The van der Waals surface area contributed by atoms with Crippen molar-refractivity contribution in [1.82, 2.24) is 0 Å². The SMILES string of the molecule is O=C(CCCOc1ccccc1)Nc1ccc(F)cc1. The molecule has 0 aliphatic heterocycles. The Bertz CT molecular complexity index is 540. The van der Waals surface area contributed by atoms with Crippen LogP contribution >= 0.6 is 0 Å². The summed E-state index contributed by atoms with van der Waals surface area (Å²) in [6.07, 6.45) is 0.992. The van der Waals surface area contributed by atoms with E-state index in [0.29, 0.717) is 25.1 Å². The van der Waals surface area contributed by atoms with Gasteiger partial charge in [-0.25, -0.2) is 4.39 Å². The Balaban J connectivity index is 1.66. The fourth-order valence-electron chi connectivity index (χ4n) is 1.70. The number of hydrogen-bond acceptors (Lipinski definition) is 2. The van der Waals surface area contributed by atoms with Gasteiger partial charge in [0, 0.05) is 12.1 Å². The Morgan fingerprint density at radius 3 is 2.45 bits per heavy atom. The molecule has 0 unspecified atom stereocenters. The zero-order valence-corrected chi connectivity index (χ0v) is 11.0. The second-order valence-electron chi connectivity index (χ2n) is 4.32. The standard InChI is InChI=1S/C16H16FNO2/c17-13-8-10-14(11-9-13)18-16(19)7-4-12-20-15-5-2-1-3-6-15/h1-3,5-6,8-11H,4,7,12H2,(H,18,19).